The van der Waals surface area contributed by atoms with Gasteiger partial charge in [0.15, 0.2) is 5.90 Å². The Hall–Kier alpha value is 0.715. The second-order valence-corrected chi connectivity index (χ2v) is 0.585. The number of hydrogen-bond acceptors (Lipinski definition) is 3. The Morgan fingerprint density at radius 3 is 1.43 bits per heavy atom. The van der Waals surface area contributed by atoms with E-state index < -0.39 is 0 Å². The van der Waals surface area contributed by atoms with E-state index in [-0.39, 0.29) is 45.8 Å². The molecular weight excluding hydrogens is 318 g/mol. The molecule has 0 atom stereocenters. The fourth-order valence-corrected chi connectivity index (χ4v) is 0. The predicted octanol–water partition coefficient (Wildman–Crippen LogP) is 0.559. The van der Waals surface area contributed by atoms with Crippen molar-refractivity contribution in [1.82, 2.24) is 0 Å². The molecule has 7 heavy (non-hydrogen) atoms. The van der Waals surface area contributed by atoms with Crippen LogP contribution in [0, 0.1) is 45.3 Å². The van der Waals surface area contributed by atoms with E-state index in [4.69, 9.17) is 21.0 Å². The van der Waals surface area contributed by atoms with Crippen LogP contribution in [0.15, 0.2) is 0 Å². The van der Waals surface area contributed by atoms with Crippen molar-refractivity contribution in [1.29, 1.82) is 5.41 Å². The first-order valence-corrected chi connectivity index (χ1v) is 1.17. The third-order valence-electron chi connectivity index (χ3n) is 0. The Kier molecular flexibility index (Phi) is 35.5. The smallest absolute Gasteiger partial charge is 0.174 e. The van der Waals surface area contributed by atoms with Gasteiger partial charge in [0.05, 0.1) is 0 Å². The molecule has 0 radical (unpaired) electrons. The standard InChI is InChI=1S/C2H5NO.H2O2.Th/c1-2(3)4;1-2;/h1H3,(H2,3,4);1-2H;. The third-order valence-corrected chi connectivity index (χ3v) is 0. The minimum Gasteiger partial charge on any atom is -0.497 e. The molecule has 0 bridgehead atoms. The van der Waals surface area contributed by atoms with E-state index in [1.807, 2.05) is 0 Å². The summed E-state index contributed by atoms with van der Waals surface area (Å²) in [5, 5.41) is 25.7. The Morgan fingerprint density at radius 2 is 1.43 bits per heavy atom. The van der Waals surface area contributed by atoms with E-state index in [9.17, 15) is 0 Å². The van der Waals surface area contributed by atoms with E-state index in [1.165, 1.54) is 6.92 Å². The molecule has 4 N–H and O–H groups in total. The summed E-state index contributed by atoms with van der Waals surface area (Å²) in [4.78, 5) is 0. The molecule has 0 fully saturated rings. The van der Waals surface area contributed by atoms with Crippen molar-refractivity contribution >= 4 is 5.90 Å². The predicted molar refractivity (Wildman–Crippen MR) is 21.3 cm³/mol. The van der Waals surface area contributed by atoms with Crippen molar-refractivity contribution in [2.24, 2.45) is 0 Å². The average Bonchev–Trinajstić information content (AvgIpc) is 1.41. The SMILES string of the molecule is CC(=N)O.OO.[Th]. The molecule has 5 heteroatoms. The third kappa shape index (κ3) is 292. The van der Waals surface area contributed by atoms with Gasteiger partial charge in [0.25, 0.3) is 0 Å². The van der Waals surface area contributed by atoms with Crippen LogP contribution < -0.4 is 0 Å². The number of aliphatic hydroxyl groups excluding tert-OH is 1. The van der Waals surface area contributed by atoms with Gasteiger partial charge in [-0.05, 0) is 0 Å². The van der Waals surface area contributed by atoms with Gasteiger partial charge in [-0.2, -0.15) is 0 Å². The van der Waals surface area contributed by atoms with Gasteiger partial charge in [-0.25, -0.2) is 0 Å². The normalized spacial score (nSPS) is 4.43. The minimum absolute atomic E-state index is 0. The van der Waals surface area contributed by atoms with Gasteiger partial charge >= 0.3 is 0 Å². The van der Waals surface area contributed by atoms with Crippen molar-refractivity contribution in [2.45, 2.75) is 6.92 Å². The zero-order valence-electron chi connectivity index (χ0n) is 3.84. The van der Waals surface area contributed by atoms with Crippen molar-refractivity contribution in [3.63, 3.8) is 0 Å². The van der Waals surface area contributed by atoms with Crippen LogP contribution in [0.5, 0.6) is 0 Å². The van der Waals surface area contributed by atoms with E-state index in [1.54, 1.807) is 0 Å². The van der Waals surface area contributed by atoms with Gasteiger partial charge in [0, 0.05) is 46.9 Å². The van der Waals surface area contributed by atoms with Crippen LogP contribution in [0.2, 0.25) is 0 Å². The van der Waals surface area contributed by atoms with Crippen LogP contribution in [0.25, 0.3) is 0 Å². The maximum atomic E-state index is 7.64. The minimum atomic E-state index is -0.333. The fourth-order valence-electron chi connectivity index (χ4n) is 0. The van der Waals surface area contributed by atoms with Crippen LogP contribution in [0.3, 0.4) is 0 Å². The molecule has 0 rings (SSSR count). The number of hydrogen-bond donors (Lipinski definition) is 4. The van der Waals surface area contributed by atoms with Gasteiger partial charge < -0.3 is 5.11 Å². The van der Waals surface area contributed by atoms with Gasteiger partial charge in [-0.1, -0.05) is 0 Å². The molecule has 0 unspecified atom stereocenters. The molecule has 4 nitrogen and oxygen atoms in total. The first-order chi connectivity index (χ1) is 2.73. The van der Waals surface area contributed by atoms with Crippen molar-refractivity contribution in [2.75, 3.05) is 0 Å². The Bertz CT molecular complexity index is 35.9. The summed E-state index contributed by atoms with van der Waals surface area (Å²) in [5.74, 6) is -0.333. The van der Waals surface area contributed by atoms with Crippen molar-refractivity contribution in [3.8, 4) is 0 Å². The monoisotopic (exact) mass is 325 g/mol. The van der Waals surface area contributed by atoms with E-state index in [2.05, 4.69) is 0 Å². The molecule has 0 saturated heterocycles. The number of aliphatic hydroxyl groups is 1. The Morgan fingerprint density at radius 1 is 1.43 bits per heavy atom. The first-order valence-electron chi connectivity index (χ1n) is 1.17. The van der Waals surface area contributed by atoms with Crippen LogP contribution in [-0.4, -0.2) is 21.5 Å². The molecule has 0 aromatic rings. The van der Waals surface area contributed by atoms with E-state index in [0.717, 1.165) is 0 Å². The first kappa shape index (κ1) is 15.6. The summed E-state index contributed by atoms with van der Waals surface area (Å²) in [6, 6.07) is 0. The van der Waals surface area contributed by atoms with Crippen LogP contribution >= 0.6 is 0 Å². The maximum absolute atomic E-state index is 7.64. The van der Waals surface area contributed by atoms with Crippen LogP contribution in [0.4, 0.5) is 0 Å². The van der Waals surface area contributed by atoms with Gasteiger partial charge in [-0.15, -0.1) is 0 Å². The molecule has 0 aliphatic rings. The van der Waals surface area contributed by atoms with Crippen molar-refractivity contribution < 1.29 is 55.6 Å². The van der Waals surface area contributed by atoms with Gasteiger partial charge in [0.2, 0.25) is 0 Å². The molecule has 0 aliphatic heterocycles. The maximum Gasteiger partial charge on any atom is 0.174 e. The van der Waals surface area contributed by atoms with Crippen molar-refractivity contribution in [3.05, 3.63) is 0 Å². The molecule has 0 aromatic heterocycles. The van der Waals surface area contributed by atoms with E-state index >= 15 is 0 Å². The topological polar surface area (TPSA) is 84.5 Å². The summed E-state index contributed by atoms with van der Waals surface area (Å²) >= 11 is 0. The largest absolute Gasteiger partial charge is 0.497 e. The zero-order chi connectivity index (χ0) is 5.58. The second-order valence-electron chi connectivity index (χ2n) is 0.585. The van der Waals surface area contributed by atoms with Gasteiger partial charge in [0.1, 0.15) is 0 Å². The molecule has 0 heterocycles. The van der Waals surface area contributed by atoms with Crippen LogP contribution in [0.1, 0.15) is 6.92 Å². The second kappa shape index (κ2) is 15.9. The summed E-state index contributed by atoms with van der Waals surface area (Å²) in [5.41, 5.74) is 0. The summed E-state index contributed by atoms with van der Waals surface area (Å²) in [7, 11) is 0. The van der Waals surface area contributed by atoms with Gasteiger partial charge in [-0.3, -0.25) is 15.9 Å². The molecule has 0 spiro atoms. The molecule has 0 aliphatic carbocycles. The van der Waals surface area contributed by atoms with E-state index in [0.29, 0.717) is 0 Å². The fraction of sp³-hybridized carbons (Fsp3) is 0.500. The molecule has 0 saturated carbocycles. The quantitative estimate of drug-likeness (QED) is 0.227. The molecule has 0 aromatic carbocycles. The Labute approximate surface area is 73.3 Å². The zero-order valence-corrected chi connectivity index (χ0v) is 7.95. The number of nitrogens with one attached hydrogen (secondary N) is 1. The average molecular weight is 325 g/mol. The molecule has 0 amide bonds. The number of rotatable bonds is 0. The summed E-state index contributed by atoms with van der Waals surface area (Å²) < 4.78 is 0. The van der Waals surface area contributed by atoms with Crippen LogP contribution in [-0.2, 0) is 0 Å². The summed E-state index contributed by atoms with van der Waals surface area (Å²) in [6.45, 7) is 1.31. The summed E-state index contributed by atoms with van der Waals surface area (Å²) in [6.07, 6.45) is 0. The molecule has 42 valence electrons. The Balaban J connectivity index is -0.0000000480. The molecular formula is C2H7NO3Th.